The smallest absolute Gasteiger partial charge is 0.339 e. The van der Waals surface area contributed by atoms with E-state index < -0.39 is 5.97 Å². The van der Waals surface area contributed by atoms with Crippen molar-refractivity contribution in [1.29, 1.82) is 0 Å². The topological polar surface area (TPSA) is 53.4 Å². The highest BCUT2D eigenvalue weighted by Crippen LogP contribution is 2.33. The molecule has 0 atom stereocenters. The maximum Gasteiger partial charge on any atom is 0.339 e. The first kappa shape index (κ1) is 9.96. The zero-order chi connectivity index (χ0) is 11.1. The number of aromatic carboxylic acids is 1. The molecule has 2 heterocycles. The number of hydrogen-bond acceptors (Lipinski definition) is 3. The zero-order valence-electron chi connectivity index (χ0n) is 8.90. The average Bonchev–Trinajstić information content (AvgIpc) is 2.14. The molecule has 0 amide bonds. The Morgan fingerprint density at radius 1 is 1.53 bits per heavy atom. The summed E-state index contributed by atoms with van der Waals surface area (Å²) >= 11 is 0. The van der Waals surface area contributed by atoms with Gasteiger partial charge in [0.05, 0.1) is 0 Å². The van der Waals surface area contributed by atoms with Gasteiger partial charge in [-0.3, -0.25) is 0 Å². The number of carboxylic acid groups (broad SMARTS) is 1. The molecule has 0 aromatic carbocycles. The lowest BCUT2D eigenvalue weighted by atomic mass is 9.84. The fourth-order valence-corrected chi connectivity index (χ4v) is 1.95. The summed E-state index contributed by atoms with van der Waals surface area (Å²) < 4.78 is 0. The van der Waals surface area contributed by atoms with Gasteiger partial charge < -0.3 is 10.0 Å². The fraction of sp³-hybridized carbons (Fsp3) is 0.455. The molecule has 1 saturated heterocycles. The van der Waals surface area contributed by atoms with E-state index in [0.29, 0.717) is 5.82 Å². The van der Waals surface area contributed by atoms with Crippen LogP contribution in [0, 0.1) is 5.41 Å². The van der Waals surface area contributed by atoms with Gasteiger partial charge in [-0.1, -0.05) is 13.8 Å². The molecule has 15 heavy (non-hydrogen) atoms. The first-order valence-electron chi connectivity index (χ1n) is 4.93. The molecule has 0 spiro atoms. The number of nitrogens with zero attached hydrogens (tertiary/aromatic N) is 2. The highest BCUT2D eigenvalue weighted by Gasteiger charge is 2.36. The predicted octanol–water partition coefficient (Wildman–Crippen LogP) is 1.63. The van der Waals surface area contributed by atoms with Crippen LogP contribution in [0.1, 0.15) is 24.2 Å². The summed E-state index contributed by atoms with van der Waals surface area (Å²) in [6.07, 6.45) is 1.63. The van der Waals surface area contributed by atoms with Gasteiger partial charge in [-0.05, 0) is 17.5 Å². The van der Waals surface area contributed by atoms with Crippen LogP contribution in [0.5, 0.6) is 0 Å². The largest absolute Gasteiger partial charge is 0.478 e. The van der Waals surface area contributed by atoms with Crippen LogP contribution in [0.4, 0.5) is 5.82 Å². The number of rotatable bonds is 2. The lowest BCUT2D eigenvalue weighted by Gasteiger charge is -2.46. The van der Waals surface area contributed by atoms with E-state index in [1.165, 1.54) is 0 Å². The van der Waals surface area contributed by atoms with Gasteiger partial charge in [-0.15, -0.1) is 0 Å². The van der Waals surface area contributed by atoms with Crippen molar-refractivity contribution in [2.45, 2.75) is 13.8 Å². The number of carbonyl (C=O) groups is 1. The Hall–Kier alpha value is -1.58. The normalized spacial score (nSPS) is 18.4. The maximum atomic E-state index is 11.0. The van der Waals surface area contributed by atoms with Crippen molar-refractivity contribution in [3.8, 4) is 0 Å². The summed E-state index contributed by atoms with van der Waals surface area (Å²) in [5.41, 5.74) is 0.556. The van der Waals surface area contributed by atoms with Crippen LogP contribution in [-0.4, -0.2) is 29.1 Å². The number of hydrogen-bond donors (Lipinski definition) is 1. The molecular weight excluding hydrogens is 192 g/mol. The van der Waals surface area contributed by atoms with Crippen molar-refractivity contribution in [3.63, 3.8) is 0 Å². The van der Waals surface area contributed by atoms with Crippen LogP contribution >= 0.6 is 0 Å². The Kier molecular flexibility index (Phi) is 2.14. The van der Waals surface area contributed by atoms with Gasteiger partial charge in [-0.2, -0.15) is 0 Å². The molecule has 0 radical (unpaired) electrons. The SMILES string of the molecule is CC1(C)CN(c2ncccc2C(=O)O)C1. The first-order valence-corrected chi connectivity index (χ1v) is 4.93. The number of carboxylic acids is 1. The van der Waals surface area contributed by atoms with Gasteiger partial charge in [0.15, 0.2) is 0 Å². The molecule has 4 nitrogen and oxygen atoms in total. The van der Waals surface area contributed by atoms with Crippen molar-refractivity contribution in [3.05, 3.63) is 23.9 Å². The molecule has 1 aliphatic heterocycles. The predicted molar refractivity (Wildman–Crippen MR) is 57.2 cm³/mol. The number of aromatic nitrogens is 1. The van der Waals surface area contributed by atoms with Gasteiger partial charge in [0.2, 0.25) is 0 Å². The first-order chi connectivity index (χ1) is 6.99. The van der Waals surface area contributed by atoms with Crippen LogP contribution in [0.15, 0.2) is 18.3 Å². The van der Waals surface area contributed by atoms with Crippen LogP contribution < -0.4 is 4.90 Å². The summed E-state index contributed by atoms with van der Waals surface area (Å²) in [7, 11) is 0. The van der Waals surface area contributed by atoms with Crippen LogP contribution in [0.2, 0.25) is 0 Å². The molecule has 80 valence electrons. The van der Waals surface area contributed by atoms with E-state index in [1.807, 2.05) is 4.90 Å². The Balaban J connectivity index is 2.26. The highest BCUT2D eigenvalue weighted by molar-refractivity contribution is 5.93. The third-order valence-electron chi connectivity index (χ3n) is 2.55. The summed E-state index contributed by atoms with van der Waals surface area (Å²) in [5.74, 6) is -0.327. The molecule has 1 aliphatic rings. The lowest BCUT2D eigenvalue weighted by Crippen LogP contribution is -2.53. The Morgan fingerprint density at radius 2 is 2.20 bits per heavy atom. The minimum absolute atomic E-state index is 0.271. The standard InChI is InChI=1S/C11H14N2O2/c1-11(2)6-13(7-11)9-8(10(14)15)4-3-5-12-9/h3-5H,6-7H2,1-2H3,(H,14,15). The lowest BCUT2D eigenvalue weighted by molar-refractivity contribution is 0.0696. The van der Waals surface area contributed by atoms with Crippen LogP contribution in [0.3, 0.4) is 0 Å². The Labute approximate surface area is 88.6 Å². The summed E-state index contributed by atoms with van der Waals surface area (Å²) in [6, 6.07) is 3.24. The van der Waals surface area contributed by atoms with Gasteiger partial charge >= 0.3 is 5.97 Å². The quantitative estimate of drug-likeness (QED) is 0.799. The van der Waals surface area contributed by atoms with Crippen LogP contribution in [0.25, 0.3) is 0 Å². The van der Waals surface area contributed by atoms with Gasteiger partial charge in [-0.25, -0.2) is 9.78 Å². The van der Waals surface area contributed by atoms with Gasteiger partial charge in [0.25, 0.3) is 0 Å². The molecule has 1 aromatic heterocycles. The molecule has 0 saturated carbocycles. The van der Waals surface area contributed by atoms with Crippen molar-refractivity contribution in [2.24, 2.45) is 5.41 Å². The minimum atomic E-state index is -0.914. The molecule has 0 bridgehead atoms. The molecule has 0 aliphatic carbocycles. The van der Waals surface area contributed by atoms with E-state index >= 15 is 0 Å². The van der Waals surface area contributed by atoms with Crippen LogP contribution in [-0.2, 0) is 0 Å². The van der Waals surface area contributed by atoms with E-state index in [2.05, 4.69) is 18.8 Å². The van der Waals surface area contributed by atoms with Crippen molar-refractivity contribution < 1.29 is 9.90 Å². The maximum absolute atomic E-state index is 11.0. The summed E-state index contributed by atoms with van der Waals surface area (Å²) in [6.45, 7) is 6.05. The third-order valence-corrected chi connectivity index (χ3v) is 2.55. The second-order valence-electron chi connectivity index (χ2n) is 4.70. The molecule has 0 unspecified atom stereocenters. The molecule has 1 N–H and O–H groups in total. The highest BCUT2D eigenvalue weighted by atomic mass is 16.4. The molecule has 1 fully saturated rings. The fourth-order valence-electron chi connectivity index (χ4n) is 1.95. The Morgan fingerprint density at radius 3 is 2.73 bits per heavy atom. The van der Waals surface area contributed by atoms with E-state index in [9.17, 15) is 4.79 Å². The monoisotopic (exact) mass is 206 g/mol. The zero-order valence-corrected chi connectivity index (χ0v) is 8.90. The molecular formula is C11H14N2O2. The molecule has 2 rings (SSSR count). The average molecular weight is 206 g/mol. The number of anilines is 1. The van der Waals surface area contributed by atoms with E-state index in [-0.39, 0.29) is 11.0 Å². The summed E-state index contributed by atoms with van der Waals surface area (Å²) in [5, 5.41) is 9.00. The third kappa shape index (κ3) is 1.79. The van der Waals surface area contributed by atoms with Gasteiger partial charge in [0, 0.05) is 19.3 Å². The van der Waals surface area contributed by atoms with E-state index in [4.69, 9.17) is 5.11 Å². The van der Waals surface area contributed by atoms with Crippen molar-refractivity contribution >= 4 is 11.8 Å². The molecule has 1 aromatic rings. The second kappa shape index (κ2) is 3.22. The molecule has 4 heteroatoms. The minimum Gasteiger partial charge on any atom is -0.478 e. The van der Waals surface area contributed by atoms with Crippen molar-refractivity contribution in [2.75, 3.05) is 18.0 Å². The number of pyridine rings is 1. The second-order valence-corrected chi connectivity index (χ2v) is 4.70. The van der Waals surface area contributed by atoms with E-state index in [0.717, 1.165) is 13.1 Å². The Bertz CT molecular complexity index is 393. The van der Waals surface area contributed by atoms with Crippen molar-refractivity contribution in [1.82, 2.24) is 4.98 Å². The van der Waals surface area contributed by atoms with E-state index in [1.54, 1.807) is 18.3 Å². The summed E-state index contributed by atoms with van der Waals surface area (Å²) in [4.78, 5) is 17.1. The van der Waals surface area contributed by atoms with Gasteiger partial charge in [0.1, 0.15) is 11.4 Å².